The number of benzene rings is 1. The van der Waals surface area contributed by atoms with Gasteiger partial charge in [0.05, 0.1) is 0 Å². The molecule has 1 aromatic rings. The Morgan fingerprint density at radius 2 is 1.50 bits per heavy atom. The lowest BCUT2D eigenvalue weighted by Crippen LogP contribution is -2.07. The quantitative estimate of drug-likeness (QED) is 0.735. The average Bonchev–Trinajstić information content (AvgIpc) is 2.21. The Morgan fingerprint density at radius 1 is 1.00 bits per heavy atom. The fourth-order valence-electron chi connectivity index (χ4n) is 0.930. The Balaban J connectivity index is 0.000000292. The highest BCUT2D eigenvalue weighted by Gasteiger charge is 1.87. The number of rotatable bonds is 3. The second-order valence-electron chi connectivity index (χ2n) is 3.01. The van der Waals surface area contributed by atoms with Gasteiger partial charge < -0.3 is 9.64 Å². The molecule has 0 N–H and O–H groups in total. The maximum Gasteiger partial charge on any atom is 0.0437 e. The first kappa shape index (κ1) is 13.0. The molecule has 0 radical (unpaired) electrons. The molecule has 0 saturated heterocycles. The molecular formula is C12H21NO. The summed E-state index contributed by atoms with van der Waals surface area (Å²) in [5.41, 5.74) is 1.25. The molecule has 1 aromatic carbocycles. The smallest absolute Gasteiger partial charge is 0.0437 e. The molecular weight excluding hydrogens is 174 g/mol. The molecule has 0 spiro atoms. The molecule has 0 atom stereocenters. The summed E-state index contributed by atoms with van der Waals surface area (Å²) in [7, 11) is 4.07. The van der Waals surface area contributed by atoms with Gasteiger partial charge in [-0.1, -0.05) is 18.2 Å². The van der Waals surface area contributed by atoms with Crippen molar-refractivity contribution in [3.63, 3.8) is 0 Å². The molecule has 0 saturated carbocycles. The summed E-state index contributed by atoms with van der Waals surface area (Å²) in [6.45, 7) is 5.67. The van der Waals surface area contributed by atoms with E-state index in [1.165, 1.54) is 5.69 Å². The van der Waals surface area contributed by atoms with E-state index in [4.69, 9.17) is 4.74 Å². The number of nitrogens with zero attached hydrogens (tertiary/aromatic N) is 1. The van der Waals surface area contributed by atoms with E-state index in [1.807, 2.05) is 46.1 Å². The lowest BCUT2D eigenvalue weighted by atomic mass is 10.3. The van der Waals surface area contributed by atoms with Crippen LogP contribution >= 0.6 is 0 Å². The Labute approximate surface area is 87.5 Å². The van der Waals surface area contributed by atoms with Crippen LogP contribution in [0.5, 0.6) is 0 Å². The minimum absolute atomic E-state index is 0.844. The summed E-state index contributed by atoms with van der Waals surface area (Å²) in [4.78, 5) is 2.08. The topological polar surface area (TPSA) is 12.5 Å². The number of hydrogen-bond donors (Lipinski definition) is 0. The van der Waals surface area contributed by atoms with E-state index in [-0.39, 0.29) is 0 Å². The summed E-state index contributed by atoms with van der Waals surface area (Å²) in [5.74, 6) is 0. The third-order valence-electron chi connectivity index (χ3n) is 1.68. The molecule has 80 valence electrons. The van der Waals surface area contributed by atoms with Crippen LogP contribution in [0.2, 0.25) is 0 Å². The Kier molecular flexibility index (Phi) is 7.95. The maximum absolute atomic E-state index is 4.83. The normalized spacial score (nSPS) is 8.86. The van der Waals surface area contributed by atoms with Crippen molar-refractivity contribution in [3.05, 3.63) is 30.3 Å². The van der Waals surface area contributed by atoms with Crippen LogP contribution in [0.4, 0.5) is 5.69 Å². The lowest BCUT2D eigenvalue weighted by Gasteiger charge is -2.10. The lowest BCUT2D eigenvalue weighted by molar-refractivity contribution is 0.162. The first-order valence-corrected chi connectivity index (χ1v) is 5.02. The van der Waals surface area contributed by atoms with Crippen molar-refractivity contribution in [3.8, 4) is 0 Å². The van der Waals surface area contributed by atoms with Crippen LogP contribution in [0.25, 0.3) is 0 Å². The maximum atomic E-state index is 4.83. The third-order valence-corrected chi connectivity index (χ3v) is 1.68. The van der Waals surface area contributed by atoms with Crippen LogP contribution in [0.15, 0.2) is 30.3 Å². The molecule has 14 heavy (non-hydrogen) atoms. The van der Waals surface area contributed by atoms with Crippen molar-refractivity contribution in [2.45, 2.75) is 13.8 Å². The van der Waals surface area contributed by atoms with Crippen molar-refractivity contribution < 1.29 is 4.74 Å². The van der Waals surface area contributed by atoms with Crippen molar-refractivity contribution in [2.24, 2.45) is 0 Å². The number of ether oxygens (including phenoxy) is 1. The summed E-state index contributed by atoms with van der Waals surface area (Å²) in [5, 5.41) is 0. The highest BCUT2D eigenvalue weighted by Crippen LogP contribution is 2.07. The summed E-state index contributed by atoms with van der Waals surface area (Å²) >= 11 is 0. The van der Waals surface area contributed by atoms with Crippen molar-refractivity contribution in [1.29, 1.82) is 0 Å². The zero-order valence-electron chi connectivity index (χ0n) is 9.66. The molecule has 1 rings (SSSR count). The third kappa shape index (κ3) is 6.49. The summed E-state index contributed by atoms with van der Waals surface area (Å²) in [6.07, 6.45) is 0. The predicted molar refractivity (Wildman–Crippen MR) is 62.9 cm³/mol. The average molecular weight is 195 g/mol. The van der Waals surface area contributed by atoms with Gasteiger partial charge in [-0.05, 0) is 26.0 Å². The minimum Gasteiger partial charge on any atom is -0.382 e. The Bertz CT molecular complexity index is 207. The van der Waals surface area contributed by atoms with Crippen molar-refractivity contribution >= 4 is 5.69 Å². The van der Waals surface area contributed by atoms with Gasteiger partial charge in [0.25, 0.3) is 0 Å². The van der Waals surface area contributed by atoms with Crippen LogP contribution in [0.1, 0.15) is 13.8 Å². The van der Waals surface area contributed by atoms with E-state index < -0.39 is 0 Å². The fourth-order valence-corrected chi connectivity index (χ4v) is 0.930. The van der Waals surface area contributed by atoms with E-state index in [0.29, 0.717) is 0 Å². The van der Waals surface area contributed by atoms with E-state index in [9.17, 15) is 0 Å². The Morgan fingerprint density at radius 3 is 1.71 bits per heavy atom. The second kappa shape index (κ2) is 8.57. The number of anilines is 1. The van der Waals surface area contributed by atoms with Gasteiger partial charge in [-0.15, -0.1) is 0 Å². The molecule has 0 aliphatic carbocycles. The van der Waals surface area contributed by atoms with Gasteiger partial charge in [0, 0.05) is 33.0 Å². The van der Waals surface area contributed by atoms with Gasteiger partial charge in [-0.3, -0.25) is 0 Å². The van der Waals surface area contributed by atoms with Crippen LogP contribution in [0.3, 0.4) is 0 Å². The SMILES string of the molecule is CCOCC.CN(C)c1ccccc1. The number of para-hydroxylation sites is 1. The van der Waals surface area contributed by atoms with Gasteiger partial charge >= 0.3 is 0 Å². The molecule has 0 aliphatic rings. The highest BCUT2D eigenvalue weighted by atomic mass is 16.5. The van der Waals surface area contributed by atoms with E-state index in [0.717, 1.165) is 13.2 Å². The monoisotopic (exact) mass is 195 g/mol. The standard InChI is InChI=1S/C8H11N.C4H10O/c1-9(2)8-6-4-3-5-7-8;1-3-5-4-2/h3-7H,1-2H3;3-4H2,1-2H3. The molecule has 2 nitrogen and oxygen atoms in total. The molecule has 0 fully saturated rings. The fraction of sp³-hybridized carbons (Fsp3) is 0.500. The van der Waals surface area contributed by atoms with Gasteiger partial charge in [-0.2, -0.15) is 0 Å². The molecule has 0 aliphatic heterocycles. The molecule has 0 heterocycles. The Hall–Kier alpha value is -1.02. The van der Waals surface area contributed by atoms with Gasteiger partial charge in [-0.25, -0.2) is 0 Å². The minimum atomic E-state index is 0.844. The summed E-state index contributed by atoms with van der Waals surface area (Å²) in [6, 6.07) is 10.3. The van der Waals surface area contributed by atoms with Crippen LogP contribution in [-0.2, 0) is 4.74 Å². The van der Waals surface area contributed by atoms with Gasteiger partial charge in [0.2, 0.25) is 0 Å². The first-order chi connectivity index (χ1) is 6.72. The second-order valence-corrected chi connectivity index (χ2v) is 3.01. The predicted octanol–water partition coefficient (Wildman–Crippen LogP) is 2.80. The largest absolute Gasteiger partial charge is 0.382 e. The van der Waals surface area contributed by atoms with E-state index >= 15 is 0 Å². The molecule has 0 amide bonds. The van der Waals surface area contributed by atoms with Gasteiger partial charge in [0.15, 0.2) is 0 Å². The highest BCUT2D eigenvalue weighted by molar-refractivity contribution is 5.43. The molecule has 2 heteroatoms. The van der Waals surface area contributed by atoms with Crippen LogP contribution in [0, 0.1) is 0 Å². The zero-order valence-corrected chi connectivity index (χ0v) is 9.66. The summed E-state index contributed by atoms with van der Waals surface area (Å²) < 4.78 is 4.83. The van der Waals surface area contributed by atoms with E-state index in [2.05, 4.69) is 17.0 Å². The van der Waals surface area contributed by atoms with Crippen LogP contribution < -0.4 is 4.90 Å². The van der Waals surface area contributed by atoms with Crippen molar-refractivity contribution in [1.82, 2.24) is 0 Å². The first-order valence-electron chi connectivity index (χ1n) is 5.02. The van der Waals surface area contributed by atoms with Gasteiger partial charge in [0.1, 0.15) is 0 Å². The zero-order chi connectivity index (χ0) is 10.8. The molecule has 0 aromatic heterocycles. The van der Waals surface area contributed by atoms with E-state index in [1.54, 1.807) is 0 Å². The number of hydrogen-bond acceptors (Lipinski definition) is 2. The molecule has 0 unspecified atom stereocenters. The molecule has 0 bridgehead atoms. The van der Waals surface area contributed by atoms with Crippen molar-refractivity contribution in [2.75, 3.05) is 32.2 Å². The van der Waals surface area contributed by atoms with Crippen LogP contribution in [-0.4, -0.2) is 27.3 Å².